The van der Waals surface area contributed by atoms with Gasteiger partial charge in [-0.3, -0.25) is 4.68 Å². The zero-order chi connectivity index (χ0) is 16.8. The van der Waals surface area contributed by atoms with Crippen molar-refractivity contribution < 1.29 is 9.13 Å². The zero-order valence-corrected chi connectivity index (χ0v) is 14.2. The van der Waals surface area contributed by atoms with Crippen molar-refractivity contribution in [3.05, 3.63) is 64.6 Å². The number of thiazole rings is 1. The first kappa shape index (κ1) is 16.6. The number of hydrogen-bond donors (Lipinski definition) is 1. The number of nitrogens with one attached hydrogen (secondary N) is 1. The van der Waals surface area contributed by atoms with Crippen LogP contribution in [0.25, 0.3) is 0 Å². The van der Waals surface area contributed by atoms with Gasteiger partial charge in [-0.15, -0.1) is 11.3 Å². The Balaban J connectivity index is 1.44. The number of halogens is 1. The molecule has 5 nitrogen and oxygen atoms in total. The van der Waals surface area contributed by atoms with E-state index in [1.807, 2.05) is 22.3 Å². The summed E-state index contributed by atoms with van der Waals surface area (Å²) < 4.78 is 20.4. The van der Waals surface area contributed by atoms with Crippen LogP contribution in [0.2, 0.25) is 0 Å². The molecule has 0 aliphatic carbocycles. The van der Waals surface area contributed by atoms with Gasteiger partial charge in [-0.2, -0.15) is 5.10 Å². The van der Waals surface area contributed by atoms with Gasteiger partial charge in [-0.05, 0) is 37.3 Å². The van der Waals surface area contributed by atoms with Crippen molar-refractivity contribution in [2.75, 3.05) is 0 Å². The molecule has 0 amide bonds. The van der Waals surface area contributed by atoms with E-state index in [1.165, 1.54) is 12.1 Å². The summed E-state index contributed by atoms with van der Waals surface area (Å²) in [6.07, 6.45) is 3.73. The SMILES string of the molecule is C[C@@H](Cn1cccn1)NCc1csc(COc2ccc(F)cc2)n1. The lowest BCUT2D eigenvalue weighted by molar-refractivity contribution is 0.304. The van der Waals surface area contributed by atoms with E-state index in [4.69, 9.17) is 4.74 Å². The Labute approximate surface area is 144 Å². The molecule has 3 aromatic rings. The summed E-state index contributed by atoms with van der Waals surface area (Å²) in [5.74, 6) is 0.369. The van der Waals surface area contributed by atoms with E-state index in [1.54, 1.807) is 29.7 Å². The summed E-state index contributed by atoms with van der Waals surface area (Å²) in [7, 11) is 0. The third-order valence-corrected chi connectivity index (χ3v) is 4.30. The molecule has 0 fully saturated rings. The standard InChI is InChI=1S/C17H19FN4OS/c1-13(10-22-8-2-7-20-22)19-9-15-12-24-17(21-15)11-23-16-5-3-14(18)4-6-16/h2-8,12-13,19H,9-11H2,1H3/t13-/m0/s1. The fourth-order valence-electron chi connectivity index (χ4n) is 2.20. The van der Waals surface area contributed by atoms with Crippen molar-refractivity contribution in [2.45, 2.75) is 32.7 Å². The van der Waals surface area contributed by atoms with Crippen LogP contribution >= 0.6 is 11.3 Å². The first-order chi connectivity index (χ1) is 11.7. The molecule has 0 saturated heterocycles. The molecule has 2 heterocycles. The van der Waals surface area contributed by atoms with Crippen molar-refractivity contribution in [1.29, 1.82) is 0 Å². The molecule has 1 aromatic carbocycles. The molecule has 1 atom stereocenters. The van der Waals surface area contributed by atoms with Gasteiger partial charge in [0.1, 0.15) is 23.2 Å². The Morgan fingerprint density at radius 3 is 2.92 bits per heavy atom. The van der Waals surface area contributed by atoms with E-state index in [0.717, 1.165) is 17.2 Å². The van der Waals surface area contributed by atoms with Gasteiger partial charge in [0.25, 0.3) is 0 Å². The first-order valence-electron chi connectivity index (χ1n) is 7.71. The highest BCUT2D eigenvalue weighted by Crippen LogP contribution is 2.16. The van der Waals surface area contributed by atoms with Crippen LogP contribution in [0, 0.1) is 5.82 Å². The van der Waals surface area contributed by atoms with Gasteiger partial charge in [0.2, 0.25) is 0 Å². The molecule has 0 bridgehead atoms. The number of rotatable bonds is 8. The molecular weight excluding hydrogens is 327 g/mol. The molecule has 24 heavy (non-hydrogen) atoms. The first-order valence-corrected chi connectivity index (χ1v) is 8.59. The highest BCUT2D eigenvalue weighted by atomic mass is 32.1. The van der Waals surface area contributed by atoms with Crippen molar-refractivity contribution in [1.82, 2.24) is 20.1 Å². The molecule has 7 heteroatoms. The van der Waals surface area contributed by atoms with Crippen LogP contribution in [-0.2, 0) is 19.7 Å². The maximum Gasteiger partial charge on any atom is 0.140 e. The van der Waals surface area contributed by atoms with E-state index >= 15 is 0 Å². The van der Waals surface area contributed by atoms with Gasteiger partial charge >= 0.3 is 0 Å². The Kier molecular flexibility index (Phi) is 5.55. The Hall–Kier alpha value is -2.25. The Morgan fingerprint density at radius 2 is 2.17 bits per heavy atom. The lowest BCUT2D eigenvalue weighted by Gasteiger charge is -2.12. The van der Waals surface area contributed by atoms with Crippen molar-refractivity contribution in [2.24, 2.45) is 0 Å². The predicted molar refractivity (Wildman–Crippen MR) is 91.4 cm³/mol. The number of hydrogen-bond acceptors (Lipinski definition) is 5. The summed E-state index contributed by atoms with van der Waals surface area (Å²) in [5.41, 5.74) is 0.991. The number of aromatic nitrogens is 3. The van der Waals surface area contributed by atoms with Gasteiger partial charge in [0.15, 0.2) is 0 Å². The molecule has 0 aliphatic rings. The molecule has 0 saturated carbocycles. The predicted octanol–water partition coefficient (Wildman–Crippen LogP) is 3.24. The molecule has 0 aliphatic heterocycles. The minimum atomic E-state index is -0.269. The number of nitrogens with zero attached hydrogens (tertiary/aromatic N) is 3. The number of ether oxygens (including phenoxy) is 1. The summed E-state index contributed by atoms with van der Waals surface area (Å²) in [5, 5.41) is 10.6. The second-order valence-corrected chi connectivity index (χ2v) is 6.43. The second-order valence-electron chi connectivity index (χ2n) is 5.49. The largest absolute Gasteiger partial charge is 0.486 e. The van der Waals surface area contributed by atoms with Gasteiger partial charge in [-0.1, -0.05) is 0 Å². The highest BCUT2D eigenvalue weighted by molar-refractivity contribution is 7.09. The van der Waals surface area contributed by atoms with Crippen LogP contribution in [0.1, 0.15) is 17.6 Å². The van der Waals surface area contributed by atoms with Crippen molar-refractivity contribution in [3.63, 3.8) is 0 Å². The van der Waals surface area contributed by atoms with Crippen molar-refractivity contribution >= 4 is 11.3 Å². The fraction of sp³-hybridized carbons (Fsp3) is 0.294. The van der Waals surface area contributed by atoms with Crippen LogP contribution in [0.15, 0.2) is 48.1 Å². The topological polar surface area (TPSA) is 52.0 Å². The molecule has 0 spiro atoms. The summed E-state index contributed by atoms with van der Waals surface area (Å²) in [6.45, 7) is 4.03. The maximum absolute atomic E-state index is 12.8. The molecule has 2 aromatic heterocycles. The normalized spacial score (nSPS) is 12.2. The lowest BCUT2D eigenvalue weighted by Crippen LogP contribution is -2.30. The average molecular weight is 346 g/mol. The van der Waals surface area contributed by atoms with Gasteiger partial charge in [0.05, 0.1) is 12.2 Å². The second kappa shape index (κ2) is 8.03. The van der Waals surface area contributed by atoms with Crippen LogP contribution in [0.5, 0.6) is 5.75 Å². The van der Waals surface area contributed by atoms with Crippen LogP contribution < -0.4 is 10.1 Å². The van der Waals surface area contributed by atoms with Crippen LogP contribution in [0.3, 0.4) is 0 Å². The fourth-order valence-corrected chi connectivity index (χ4v) is 2.91. The third kappa shape index (κ3) is 4.87. The highest BCUT2D eigenvalue weighted by Gasteiger charge is 2.06. The van der Waals surface area contributed by atoms with E-state index in [0.29, 0.717) is 24.9 Å². The Morgan fingerprint density at radius 1 is 1.33 bits per heavy atom. The summed E-state index contributed by atoms with van der Waals surface area (Å²) >= 11 is 1.56. The molecule has 126 valence electrons. The smallest absolute Gasteiger partial charge is 0.140 e. The van der Waals surface area contributed by atoms with Crippen LogP contribution in [-0.4, -0.2) is 20.8 Å². The lowest BCUT2D eigenvalue weighted by atomic mass is 10.3. The van der Waals surface area contributed by atoms with Crippen molar-refractivity contribution in [3.8, 4) is 5.75 Å². The maximum atomic E-state index is 12.8. The van der Waals surface area contributed by atoms with Gasteiger partial charge in [-0.25, -0.2) is 9.37 Å². The summed E-state index contributed by atoms with van der Waals surface area (Å²) in [6, 6.07) is 8.21. The quantitative estimate of drug-likeness (QED) is 0.680. The minimum absolute atomic E-state index is 0.269. The van der Waals surface area contributed by atoms with Gasteiger partial charge < -0.3 is 10.1 Å². The average Bonchev–Trinajstić information content (AvgIpc) is 3.24. The van der Waals surface area contributed by atoms with Crippen LogP contribution in [0.4, 0.5) is 4.39 Å². The molecule has 0 unspecified atom stereocenters. The summed E-state index contributed by atoms with van der Waals surface area (Å²) in [4.78, 5) is 4.55. The van der Waals surface area contributed by atoms with E-state index in [-0.39, 0.29) is 5.82 Å². The Bertz CT molecular complexity index is 742. The monoisotopic (exact) mass is 346 g/mol. The minimum Gasteiger partial charge on any atom is -0.486 e. The molecular formula is C17H19FN4OS. The van der Waals surface area contributed by atoms with E-state index in [9.17, 15) is 4.39 Å². The third-order valence-electron chi connectivity index (χ3n) is 3.43. The molecule has 0 radical (unpaired) electrons. The van der Waals surface area contributed by atoms with E-state index in [2.05, 4.69) is 22.3 Å². The zero-order valence-electron chi connectivity index (χ0n) is 13.4. The molecule has 3 rings (SSSR count). The molecule has 1 N–H and O–H groups in total. The van der Waals surface area contributed by atoms with Gasteiger partial charge in [0, 0.05) is 30.4 Å². The van der Waals surface area contributed by atoms with E-state index < -0.39 is 0 Å². The number of benzene rings is 1.